The first-order chi connectivity index (χ1) is 8.49. The summed E-state index contributed by atoms with van der Waals surface area (Å²) in [6.07, 6.45) is 1.49. The molecule has 0 bridgehead atoms. The number of hydrogen-bond acceptors (Lipinski definition) is 2. The van der Waals surface area contributed by atoms with E-state index in [4.69, 9.17) is 23.2 Å². The molecule has 94 valence electrons. The van der Waals surface area contributed by atoms with Gasteiger partial charge in [-0.05, 0) is 19.1 Å². The molecule has 0 aliphatic rings. The number of nitrogens with one attached hydrogen (secondary N) is 1. The summed E-state index contributed by atoms with van der Waals surface area (Å²) < 4.78 is 1.36. The van der Waals surface area contributed by atoms with Crippen molar-refractivity contribution in [1.29, 1.82) is 0 Å². The van der Waals surface area contributed by atoms with Gasteiger partial charge >= 0.3 is 5.69 Å². The summed E-state index contributed by atoms with van der Waals surface area (Å²) in [5.41, 5.74) is 0.232. The van der Waals surface area contributed by atoms with Crippen molar-refractivity contribution in [2.24, 2.45) is 0 Å². The molecule has 0 spiro atoms. The maximum atomic E-state index is 11.6. The fourth-order valence-corrected chi connectivity index (χ4v) is 2.11. The minimum atomic E-state index is -0.485. The summed E-state index contributed by atoms with van der Waals surface area (Å²) in [5.74, 6) is 0. The quantitative estimate of drug-likeness (QED) is 0.919. The van der Waals surface area contributed by atoms with Gasteiger partial charge in [0.1, 0.15) is 0 Å². The molecule has 0 aliphatic heterocycles. The number of rotatable bonds is 2. The van der Waals surface area contributed by atoms with Gasteiger partial charge in [0.05, 0.1) is 6.54 Å². The number of aryl methyl sites for hydroxylation is 1. The molecule has 18 heavy (non-hydrogen) atoms. The summed E-state index contributed by atoms with van der Waals surface area (Å²) in [5, 5.41) is 0.969. The van der Waals surface area contributed by atoms with E-state index in [-0.39, 0.29) is 12.1 Å². The molecule has 2 rings (SSSR count). The first-order valence-corrected chi connectivity index (χ1v) is 5.98. The number of halogens is 2. The van der Waals surface area contributed by atoms with Crippen molar-refractivity contribution in [1.82, 2.24) is 9.55 Å². The van der Waals surface area contributed by atoms with Crippen LogP contribution in [0.15, 0.2) is 34.0 Å². The van der Waals surface area contributed by atoms with E-state index in [0.29, 0.717) is 21.2 Å². The van der Waals surface area contributed by atoms with Gasteiger partial charge in [-0.2, -0.15) is 0 Å². The average Bonchev–Trinajstić information content (AvgIpc) is 2.30. The molecule has 1 aromatic heterocycles. The molecular formula is C12H10Cl2N2O2. The molecule has 0 amide bonds. The molecule has 0 aliphatic carbocycles. The topological polar surface area (TPSA) is 54.9 Å². The van der Waals surface area contributed by atoms with Crippen LogP contribution < -0.4 is 11.2 Å². The van der Waals surface area contributed by atoms with Crippen molar-refractivity contribution in [2.75, 3.05) is 0 Å². The lowest BCUT2D eigenvalue weighted by atomic mass is 10.2. The number of H-pyrrole nitrogens is 1. The smallest absolute Gasteiger partial charge is 0.296 e. The van der Waals surface area contributed by atoms with Crippen LogP contribution in [0, 0.1) is 6.92 Å². The maximum Gasteiger partial charge on any atom is 0.328 e. The van der Waals surface area contributed by atoms with Gasteiger partial charge in [0.15, 0.2) is 0 Å². The zero-order valence-corrected chi connectivity index (χ0v) is 11.0. The van der Waals surface area contributed by atoms with Crippen molar-refractivity contribution in [3.05, 3.63) is 66.4 Å². The number of aromatic amines is 1. The lowest BCUT2D eigenvalue weighted by Gasteiger charge is -2.09. The highest BCUT2D eigenvalue weighted by molar-refractivity contribution is 6.35. The highest BCUT2D eigenvalue weighted by Crippen LogP contribution is 2.24. The van der Waals surface area contributed by atoms with Gasteiger partial charge < -0.3 is 0 Å². The normalized spacial score (nSPS) is 10.6. The molecule has 2 aromatic rings. The lowest BCUT2D eigenvalue weighted by molar-refractivity contribution is 0.714. The Morgan fingerprint density at radius 1 is 1.22 bits per heavy atom. The third kappa shape index (κ3) is 2.49. The maximum absolute atomic E-state index is 11.6. The summed E-state index contributed by atoms with van der Waals surface area (Å²) in [7, 11) is 0. The molecular weight excluding hydrogens is 275 g/mol. The minimum absolute atomic E-state index is 0.217. The van der Waals surface area contributed by atoms with Gasteiger partial charge in [-0.3, -0.25) is 14.3 Å². The number of aromatic nitrogens is 2. The van der Waals surface area contributed by atoms with Crippen molar-refractivity contribution < 1.29 is 0 Å². The van der Waals surface area contributed by atoms with Gasteiger partial charge in [0.25, 0.3) is 5.56 Å². The summed E-state index contributed by atoms with van der Waals surface area (Å²) in [6, 6.07) is 5.13. The number of nitrogens with zero attached hydrogens (tertiary/aromatic N) is 1. The van der Waals surface area contributed by atoms with Gasteiger partial charge in [0, 0.05) is 27.4 Å². The van der Waals surface area contributed by atoms with E-state index in [1.165, 1.54) is 10.8 Å². The molecule has 0 saturated carbocycles. The molecule has 1 N–H and O–H groups in total. The Bertz CT molecular complexity index is 684. The van der Waals surface area contributed by atoms with Crippen LogP contribution in [-0.4, -0.2) is 9.55 Å². The second kappa shape index (κ2) is 5.00. The molecule has 0 fully saturated rings. The fourth-order valence-electron chi connectivity index (χ4n) is 1.59. The van der Waals surface area contributed by atoms with Crippen LogP contribution in [0.4, 0.5) is 0 Å². The van der Waals surface area contributed by atoms with Crippen LogP contribution in [0.1, 0.15) is 11.1 Å². The van der Waals surface area contributed by atoms with Gasteiger partial charge in [-0.15, -0.1) is 0 Å². The largest absolute Gasteiger partial charge is 0.328 e. The highest BCUT2D eigenvalue weighted by atomic mass is 35.5. The summed E-state index contributed by atoms with van der Waals surface area (Å²) in [6.45, 7) is 1.85. The van der Waals surface area contributed by atoms with E-state index in [1.807, 2.05) is 0 Å². The van der Waals surface area contributed by atoms with Gasteiger partial charge in [-0.25, -0.2) is 4.79 Å². The number of benzene rings is 1. The van der Waals surface area contributed by atoms with Crippen LogP contribution >= 0.6 is 23.2 Å². The predicted octanol–water partition coefficient (Wildman–Crippen LogP) is 2.20. The van der Waals surface area contributed by atoms with Gasteiger partial charge in [-0.1, -0.05) is 29.3 Å². The molecule has 1 aromatic carbocycles. The van der Waals surface area contributed by atoms with E-state index in [9.17, 15) is 9.59 Å². The molecule has 4 nitrogen and oxygen atoms in total. The van der Waals surface area contributed by atoms with Crippen molar-refractivity contribution in [3.63, 3.8) is 0 Å². The second-order valence-electron chi connectivity index (χ2n) is 3.90. The summed E-state index contributed by atoms with van der Waals surface area (Å²) in [4.78, 5) is 25.1. The van der Waals surface area contributed by atoms with Crippen LogP contribution in [0.3, 0.4) is 0 Å². The fraction of sp³-hybridized carbons (Fsp3) is 0.167. The van der Waals surface area contributed by atoms with Crippen molar-refractivity contribution >= 4 is 23.2 Å². The Morgan fingerprint density at radius 3 is 2.44 bits per heavy atom. The van der Waals surface area contributed by atoms with Crippen LogP contribution in [0.2, 0.25) is 10.0 Å². The van der Waals surface area contributed by atoms with E-state index >= 15 is 0 Å². The molecule has 6 heteroatoms. The standard InChI is InChI=1S/C12H10Cl2N2O2/c1-7-5-16(12(18)15-11(7)17)6-8-9(13)3-2-4-10(8)14/h2-5H,6H2,1H3,(H,15,17,18). The third-order valence-electron chi connectivity index (χ3n) is 2.58. The zero-order chi connectivity index (χ0) is 13.3. The van der Waals surface area contributed by atoms with Gasteiger partial charge in [0.2, 0.25) is 0 Å². The van der Waals surface area contributed by atoms with Crippen molar-refractivity contribution in [3.8, 4) is 0 Å². The van der Waals surface area contributed by atoms with Crippen molar-refractivity contribution in [2.45, 2.75) is 13.5 Å². The predicted molar refractivity (Wildman–Crippen MR) is 71.6 cm³/mol. The molecule has 0 unspecified atom stereocenters. The monoisotopic (exact) mass is 284 g/mol. The Hall–Kier alpha value is -1.52. The summed E-state index contributed by atoms with van der Waals surface area (Å²) >= 11 is 12.1. The Balaban J connectivity index is 2.50. The SMILES string of the molecule is Cc1cn(Cc2c(Cl)cccc2Cl)c(=O)[nH]c1=O. The second-order valence-corrected chi connectivity index (χ2v) is 4.71. The minimum Gasteiger partial charge on any atom is -0.296 e. The molecule has 0 saturated heterocycles. The molecule has 0 radical (unpaired) electrons. The lowest BCUT2D eigenvalue weighted by Crippen LogP contribution is -2.31. The Kier molecular flexibility index (Phi) is 3.59. The van der Waals surface area contributed by atoms with Crippen LogP contribution in [0.25, 0.3) is 0 Å². The Labute approximate surface area is 113 Å². The Morgan fingerprint density at radius 2 is 1.83 bits per heavy atom. The molecule has 1 heterocycles. The van der Waals surface area contributed by atoms with E-state index in [2.05, 4.69) is 4.98 Å². The van der Waals surface area contributed by atoms with E-state index in [0.717, 1.165) is 0 Å². The van der Waals surface area contributed by atoms with E-state index in [1.54, 1.807) is 25.1 Å². The third-order valence-corrected chi connectivity index (χ3v) is 3.29. The highest BCUT2D eigenvalue weighted by Gasteiger charge is 2.08. The average molecular weight is 285 g/mol. The van der Waals surface area contributed by atoms with E-state index < -0.39 is 5.69 Å². The number of hydrogen-bond donors (Lipinski definition) is 1. The first kappa shape index (κ1) is 12.9. The van der Waals surface area contributed by atoms with Crippen LogP contribution in [0.5, 0.6) is 0 Å². The zero-order valence-electron chi connectivity index (χ0n) is 9.54. The first-order valence-electron chi connectivity index (χ1n) is 5.22. The van der Waals surface area contributed by atoms with Crippen LogP contribution in [-0.2, 0) is 6.54 Å². The molecule has 0 atom stereocenters.